The van der Waals surface area contributed by atoms with Gasteiger partial charge in [0.2, 0.25) is 0 Å². The first-order valence-electron chi connectivity index (χ1n) is 6.66. The maximum Gasteiger partial charge on any atom is 0.419 e. The van der Waals surface area contributed by atoms with Gasteiger partial charge in [-0.2, -0.15) is 13.2 Å². The molecule has 0 radical (unpaired) electrons. The molecule has 0 aliphatic carbocycles. The standard InChI is InChI=1S/C14H11F4N3O2/c15-11-2-1-8(3-10(11)14(16,17)18)12-6-21(7-20-12)5-9-4-19-13(22)23-9/h1-3,6-7,9H,4-5H2,(H,19,22). The molecule has 0 spiro atoms. The topological polar surface area (TPSA) is 56.2 Å². The normalized spacial score (nSPS) is 17.9. The number of nitrogens with zero attached hydrogens (tertiary/aromatic N) is 2. The summed E-state index contributed by atoms with van der Waals surface area (Å²) < 4.78 is 58.1. The van der Waals surface area contributed by atoms with Crippen LogP contribution < -0.4 is 5.32 Å². The number of ether oxygens (including phenoxy) is 1. The van der Waals surface area contributed by atoms with Gasteiger partial charge in [-0.1, -0.05) is 0 Å². The molecule has 9 heteroatoms. The van der Waals surface area contributed by atoms with E-state index in [0.29, 0.717) is 13.1 Å². The minimum atomic E-state index is -4.77. The first kappa shape index (κ1) is 15.3. The molecule has 0 bridgehead atoms. The van der Waals surface area contributed by atoms with Crippen molar-refractivity contribution in [1.82, 2.24) is 14.9 Å². The molecule has 3 rings (SSSR count). The van der Waals surface area contributed by atoms with Crippen LogP contribution in [0.2, 0.25) is 0 Å². The molecular weight excluding hydrogens is 318 g/mol. The van der Waals surface area contributed by atoms with Crippen LogP contribution in [0.25, 0.3) is 11.3 Å². The van der Waals surface area contributed by atoms with Crippen LogP contribution in [0.4, 0.5) is 22.4 Å². The third-order valence-electron chi connectivity index (χ3n) is 3.36. The average Bonchev–Trinajstić information content (AvgIpc) is 3.08. The quantitative estimate of drug-likeness (QED) is 0.881. The summed E-state index contributed by atoms with van der Waals surface area (Å²) >= 11 is 0. The van der Waals surface area contributed by atoms with Crippen molar-refractivity contribution < 1.29 is 27.1 Å². The van der Waals surface area contributed by atoms with Gasteiger partial charge in [0.15, 0.2) is 0 Å². The number of amides is 1. The zero-order valence-electron chi connectivity index (χ0n) is 11.6. The number of cyclic esters (lactones) is 1. The molecule has 122 valence electrons. The highest BCUT2D eigenvalue weighted by Crippen LogP contribution is 2.33. The molecule has 2 heterocycles. The fraction of sp³-hybridized carbons (Fsp3) is 0.286. The van der Waals surface area contributed by atoms with E-state index in [2.05, 4.69) is 10.3 Å². The molecule has 1 N–H and O–H groups in total. The van der Waals surface area contributed by atoms with Gasteiger partial charge in [-0.15, -0.1) is 0 Å². The number of halogens is 4. The molecule has 2 aromatic rings. The van der Waals surface area contributed by atoms with Gasteiger partial charge in [-0.25, -0.2) is 14.2 Å². The van der Waals surface area contributed by atoms with Gasteiger partial charge >= 0.3 is 12.3 Å². The van der Waals surface area contributed by atoms with Gasteiger partial charge in [-0.05, 0) is 18.2 Å². The lowest BCUT2D eigenvalue weighted by atomic mass is 10.1. The first-order valence-corrected chi connectivity index (χ1v) is 6.66. The zero-order valence-corrected chi connectivity index (χ0v) is 11.6. The van der Waals surface area contributed by atoms with E-state index in [1.165, 1.54) is 18.6 Å². The number of alkyl carbamates (subject to hydrolysis) is 1. The molecule has 1 aromatic carbocycles. The van der Waals surface area contributed by atoms with E-state index >= 15 is 0 Å². The number of aromatic nitrogens is 2. The van der Waals surface area contributed by atoms with Gasteiger partial charge in [-0.3, -0.25) is 0 Å². The van der Waals surface area contributed by atoms with Crippen molar-refractivity contribution in [2.75, 3.05) is 6.54 Å². The molecule has 1 atom stereocenters. The third kappa shape index (κ3) is 3.27. The summed E-state index contributed by atoms with van der Waals surface area (Å²) in [6, 6.07) is 2.72. The molecule has 1 amide bonds. The number of alkyl halides is 3. The number of hydrogen-bond donors (Lipinski definition) is 1. The molecule has 1 aromatic heterocycles. The Hall–Kier alpha value is -2.58. The number of carbonyl (C=O) groups excluding carboxylic acids is 1. The van der Waals surface area contributed by atoms with Gasteiger partial charge in [0.1, 0.15) is 11.9 Å². The van der Waals surface area contributed by atoms with Crippen LogP contribution >= 0.6 is 0 Å². The second kappa shape index (κ2) is 5.56. The maximum absolute atomic E-state index is 13.3. The van der Waals surface area contributed by atoms with Crippen LogP contribution in [0.3, 0.4) is 0 Å². The van der Waals surface area contributed by atoms with Crippen molar-refractivity contribution >= 4 is 6.09 Å². The van der Waals surface area contributed by atoms with Crippen molar-refractivity contribution in [2.45, 2.75) is 18.8 Å². The minimum Gasteiger partial charge on any atom is -0.442 e. The average molecular weight is 329 g/mol. The Bertz CT molecular complexity index is 742. The summed E-state index contributed by atoms with van der Waals surface area (Å²) in [7, 11) is 0. The highest BCUT2D eigenvalue weighted by atomic mass is 19.4. The summed E-state index contributed by atoms with van der Waals surface area (Å²) in [5.41, 5.74) is -0.912. The van der Waals surface area contributed by atoms with E-state index in [1.54, 1.807) is 4.57 Å². The van der Waals surface area contributed by atoms with E-state index in [0.717, 1.165) is 12.1 Å². The molecule has 1 aliphatic heterocycles. The van der Waals surface area contributed by atoms with E-state index in [9.17, 15) is 22.4 Å². The summed E-state index contributed by atoms with van der Waals surface area (Å²) in [5.74, 6) is -1.33. The number of hydrogen-bond acceptors (Lipinski definition) is 3. The highest BCUT2D eigenvalue weighted by Gasteiger charge is 2.34. The molecule has 23 heavy (non-hydrogen) atoms. The maximum atomic E-state index is 13.3. The summed E-state index contributed by atoms with van der Waals surface area (Å²) in [6.07, 6.45) is -2.73. The minimum absolute atomic E-state index is 0.152. The number of benzene rings is 1. The second-order valence-electron chi connectivity index (χ2n) is 5.06. The van der Waals surface area contributed by atoms with Crippen molar-refractivity contribution in [3.8, 4) is 11.3 Å². The van der Waals surface area contributed by atoms with Crippen LogP contribution in [0.1, 0.15) is 5.56 Å². The number of nitrogens with one attached hydrogen (secondary N) is 1. The van der Waals surface area contributed by atoms with E-state index in [-0.39, 0.29) is 17.4 Å². The number of imidazole rings is 1. The largest absolute Gasteiger partial charge is 0.442 e. The predicted octanol–water partition coefficient (Wildman–Crippen LogP) is 2.82. The number of rotatable bonds is 3. The van der Waals surface area contributed by atoms with Crippen LogP contribution in [-0.2, 0) is 17.5 Å². The zero-order chi connectivity index (χ0) is 16.6. The Kier molecular flexibility index (Phi) is 3.70. The fourth-order valence-electron chi connectivity index (χ4n) is 2.28. The Labute approximate surface area is 127 Å². The van der Waals surface area contributed by atoms with Crippen molar-refractivity contribution in [2.24, 2.45) is 0 Å². The van der Waals surface area contributed by atoms with Gasteiger partial charge in [0.25, 0.3) is 0 Å². The monoisotopic (exact) mass is 329 g/mol. The Morgan fingerprint density at radius 3 is 2.83 bits per heavy atom. The van der Waals surface area contributed by atoms with E-state index in [1.807, 2.05) is 0 Å². The lowest BCUT2D eigenvalue weighted by Gasteiger charge is -2.09. The lowest BCUT2D eigenvalue weighted by Crippen LogP contribution is -2.19. The predicted molar refractivity (Wildman–Crippen MR) is 70.9 cm³/mol. The van der Waals surface area contributed by atoms with E-state index in [4.69, 9.17) is 4.74 Å². The van der Waals surface area contributed by atoms with Gasteiger partial charge in [0.05, 0.1) is 30.7 Å². The first-order chi connectivity index (χ1) is 10.8. The molecular formula is C14H11F4N3O2. The van der Waals surface area contributed by atoms with Crippen LogP contribution in [0.15, 0.2) is 30.7 Å². The lowest BCUT2D eigenvalue weighted by molar-refractivity contribution is -0.139. The highest BCUT2D eigenvalue weighted by molar-refractivity contribution is 5.69. The molecule has 5 nitrogen and oxygen atoms in total. The smallest absolute Gasteiger partial charge is 0.419 e. The molecule has 1 fully saturated rings. The van der Waals surface area contributed by atoms with Crippen LogP contribution in [-0.4, -0.2) is 28.3 Å². The van der Waals surface area contributed by atoms with Gasteiger partial charge in [0, 0.05) is 11.8 Å². The Morgan fingerprint density at radius 2 is 2.17 bits per heavy atom. The van der Waals surface area contributed by atoms with Crippen LogP contribution in [0, 0.1) is 5.82 Å². The number of carbonyl (C=O) groups is 1. The van der Waals surface area contributed by atoms with E-state index < -0.39 is 23.7 Å². The summed E-state index contributed by atoms with van der Waals surface area (Å²) in [6.45, 7) is 0.667. The Balaban J connectivity index is 1.81. The SMILES string of the molecule is O=C1NCC(Cn2cnc(-c3ccc(F)c(C(F)(F)F)c3)c2)O1. The van der Waals surface area contributed by atoms with Gasteiger partial charge < -0.3 is 14.6 Å². The fourth-order valence-corrected chi connectivity index (χ4v) is 2.28. The molecule has 1 unspecified atom stereocenters. The van der Waals surface area contributed by atoms with Crippen molar-refractivity contribution in [3.63, 3.8) is 0 Å². The summed E-state index contributed by atoms with van der Waals surface area (Å²) in [4.78, 5) is 14.9. The van der Waals surface area contributed by atoms with Crippen molar-refractivity contribution in [3.05, 3.63) is 42.1 Å². The van der Waals surface area contributed by atoms with Crippen LogP contribution in [0.5, 0.6) is 0 Å². The molecule has 1 aliphatic rings. The van der Waals surface area contributed by atoms with Crippen molar-refractivity contribution in [1.29, 1.82) is 0 Å². The molecule has 1 saturated heterocycles. The Morgan fingerprint density at radius 1 is 1.39 bits per heavy atom. The second-order valence-corrected chi connectivity index (χ2v) is 5.06. The molecule has 0 saturated carbocycles. The summed E-state index contributed by atoms with van der Waals surface area (Å²) in [5, 5.41) is 2.50. The third-order valence-corrected chi connectivity index (χ3v) is 3.36.